The summed E-state index contributed by atoms with van der Waals surface area (Å²) in [6, 6.07) is 10.8. The van der Waals surface area contributed by atoms with Crippen LogP contribution in [0.4, 0.5) is 5.69 Å². The summed E-state index contributed by atoms with van der Waals surface area (Å²) in [4.78, 5) is 29.2. The van der Waals surface area contributed by atoms with E-state index in [0.29, 0.717) is 12.6 Å². The Morgan fingerprint density at radius 2 is 1.59 bits per heavy atom. The molecule has 0 spiro atoms. The van der Waals surface area contributed by atoms with E-state index in [4.69, 9.17) is 0 Å². The Hall–Kier alpha value is -2.08. The van der Waals surface area contributed by atoms with Crippen LogP contribution in [-0.2, 0) is 9.59 Å². The predicted octanol–water partition coefficient (Wildman–Crippen LogP) is 1.51. The highest BCUT2D eigenvalue weighted by Crippen LogP contribution is 2.25. The van der Waals surface area contributed by atoms with Gasteiger partial charge in [-0.2, -0.15) is 0 Å². The minimum Gasteiger partial charge on any atom is -0.360 e. The Kier molecular flexibility index (Phi) is 5.62. The molecular weight excluding hydrogens is 340 g/mol. The number of piperidine rings is 1. The maximum absolute atomic E-state index is 12.9. The first kappa shape index (κ1) is 18.3. The SMILES string of the molecule is O=C(CN1CCC(NC(=O)C2CCCN2c2ccccc2)CC1)NC1CC1. The van der Waals surface area contributed by atoms with Crippen LogP contribution in [0.2, 0.25) is 0 Å². The van der Waals surface area contributed by atoms with Gasteiger partial charge in [0.25, 0.3) is 0 Å². The van der Waals surface area contributed by atoms with Gasteiger partial charge in [-0.3, -0.25) is 14.5 Å². The molecule has 6 nitrogen and oxygen atoms in total. The van der Waals surface area contributed by atoms with Crippen molar-refractivity contribution in [1.29, 1.82) is 0 Å². The molecule has 1 aliphatic carbocycles. The zero-order valence-corrected chi connectivity index (χ0v) is 15.9. The second-order valence-corrected chi connectivity index (χ2v) is 8.09. The summed E-state index contributed by atoms with van der Waals surface area (Å²) in [7, 11) is 0. The second kappa shape index (κ2) is 8.30. The van der Waals surface area contributed by atoms with Crippen LogP contribution in [0.5, 0.6) is 0 Å². The van der Waals surface area contributed by atoms with Gasteiger partial charge in [0.2, 0.25) is 11.8 Å². The highest BCUT2D eigenvalue weighted by molar-refractivity contribution is 5.86. The van der Waals surface area contributed by atoms with Gasteiger partial charge in [-0.25, -0.2) is 0 Å². The van der Waals surface area contributed by atoms with E-state index >= 15 is 0 Å². The number of carbonyl (C=O) groups excluding carboxylic acids is 2. The first-order valence-electron chi connectivity index (χ1n) is 10.3. The number of anilines is 1. The van der Waals surface area contributed by atoms with Gasteiger partial charge in [-0.05, 0) is 50.7 Å². The van der Waals surface area contributed by atoms with Crippen LogP contribution < -0.4 is 15.5 Å². The number of hydrogen-bond donors (Lipinski definition) is 2. The largest absolute Gasteiger partial charge is 0.360 e. The first-order chi connectivity index (χ1) is 13.2. The Labute approximate surface area is 161 Å². The van der Waals surface area contributed by atoms with Gasteiger partial charge in [-0.15, -0.1) is 0 Å². The number of hydrogen-bond acceptors (Lipinski definition) is 4. The van der Waals surface area contributed by atoms with E-state index in [1.54, 1.807) is 0 Å². The van der Waals surface area contributed by atoms with Gasteiger partial charge in [0.05, 0.1) is 6.54 Å². The summed E-state index contributed by atoms with van der Waals surface area (Å²) in [6.07, 6.45) is 6.06. The molecule has 27 heavy (non-hydrogen) atoms. The van der Waals surface area contributed by atoms with E-state index < -0.39 is 0 Å². The van der Waals surface area contributed by atoms with E-state index in [1.165, 1.54) is 0 Å². The maximum Gasteiger partial charge on any atom is 0.242 e. The van der Waals surface area contributed by atoms with E-state index in [2.05, 4.69) is 32.6 Å². The van der Waals surface area contributed by atoms with Crippen LogP contribution in [0.3, 0.4) is 0 Å². The standard InChI is InChI=1S/C21H30N4O2/c26-20(22-16-8-9-16)15-24-13-10-17(11-14-24)23-21(27)19-7-4-12-25(19)18-5-2-1-3-6-18/h1-3,5-6,16-17,19H,4,7-15H2,(H,22,26)(H,23,27). The van der Waals surface area contributed by atoms with Gasteiger partial charge in [0.1, 0.15) is 6.04 Å². The van der Waals surface area contributed by atoms with Gasteiger partial charge in [0.15, 0.2) is 0 Å². The van der Waals surface area contributed by atoms with Crippen LogP contribution in [-0.4, -0.2) is 61.0 Å². The monoisotopic (exact) mass is 370 g/mol. The van der Waals surface area contributed by atoms with Crippen molar-refractivity contribution in [2.75, 3.05) is 31.1 Å². The number of rotatable bonds is 6. The summed E-state index contributed by atoms with van der Waals surface area (Å²) in [6.45, 7) is 3.17. The average molecular weight is 370 g/mol. The molecule has 1 atom stereocenters. The van der Waals surface area contributed by atoms with Crippen molar-refractivity contribution in [3.8, 4) is 0 Å². The van der Waals surface area contributed by atoms with Crippen LogP contribution in [0.25, 0.3) is 0 Å². The molecule has 1 unspecified atom stereocenters. The molecule has 1 aromatic carbocycles. The third-order valence-electron chi connectivity index (χ3n) is 5.89. The zero-order valence-electron chi connectivity index (χ0n) is 15.9. The van der Waals surface area contributed by atoms with E-state index in [9.17, 15) is 9.59 Å². The van der Waals surface area contributed by atoms with E-state index in [1.807, 2.05) is 18.2 Å². The average Bonchev–Trinajstić information content (AvgIpc) is 3.34. The Morgan fingerprint density at radius 1 is 0.889 bits per heavy atom. The Balaban J connectivity index is 1.23. The lowest BCUT2D eigenvalue weighted by atomic mass is 10.0. The molecule has 146 valence electrons. The molecule has 3 fully saturated rings. The normalized spacial score (nSPS) is 24.0. The van der Waals surface area contributed by atoms with Crippen LogP contribution in [0.1, 0.15) is 38.5 Å². The number of nitrogens with one attached hydrogen (secondary N) is 2. The summed E-state index contributed by atoms with van der Waals surface area (Å²) in [5.41, 5.74) is 1.13. The number of likely N-dealkylation sites (tertiary alicyclic amines) is 1. The highest BCUT2D eigenvalue weighted by atomic mass is 16.2. The minimum absolute atomic E-state index is 0.0604. The first-order valence-corrected chi connectivity index (χ1v) is 10.3. The molecule has 0 bridgehead atoms. The van der Waals surface area contributed by atoms with Gasteiger partial charge in [-0.1, -0.05) is 18.2 Å². The molecule has 3 aliphatic rings. The Bertz CT molecular complexity index is 653. The maximum atomic E-state index is 12.9. The van der Waals surface area contributed by atoms with E-state index in [-0.39, 0.29) is 23.9 Å². The zero-order chi connectivity index (χ0) is 18.6. The molecule has 2 saturated heterocycles. The van der Waals surface area contributed by atoms with Gasteiger partial charge >= 0.3 is 0 Å². The lowest BCUT2D eigenvalue weighted by Crippen LogP contribution is -2.51. The minimum atomic E-state index is -0.0604. The fraction of sp³-hybridized carbons (Fsp3) is 0.619. The fourth-order valence-corrected chi connectivity index (χ4v) is 4.20. The van der Waals surface area contributed by atoms with Crippen molar-refractivity contribution in [2.24, 2.45) is 0 Å². The van der Waals surface area contributed by atoms with Crippen molar-refractivity contribution < 1.29 is 9.59 Å². The molecule has 2 N–H and O–H groups in total. The summed E-state index contributed by atoms with van der Waals surface area (Å²) in [5, 5.41) is 6.32. The molecule has 2 amide bonds. The highest BCUT2D eigenvalue weighted by Gasteiger charge is 2.33. The summed E-state index contributed by atoms with van der Waals surface area (Å²) in [5.74, 6) is 0.297. The number of benzene rings is 1. The third-order valence-corrected chi connectivity index (χ3v) is 5.89. The van der Waals surface area contributed by atoms with Crippen LogP contribution in [0, 0.1) is 0 Å². The number of amides is 2. The van der Waals surface area contributed by atoms with Crippen LogP contribution >= 0.6 is 0 Å². The molecular formula is C21H30N4O2. The van der Waals surface area contributed by atoms with Crippen molar-refractivity contribution in [1.82, 2.24) is 15.5 Å². The Morgan fingerprint density at radius 3 is 2.30 bits per heavy atom. The molecule has 0 radical (unpaired) electrons. The lowest BCUT2D eigenvalue weighted by Gasteiger charge is -2.33. The number of nitrogens with zero attached hydrogens (tertiary/aromatic N) is 2. The smallest absolute Gasteiger partial charge is 0.242 e. The third kappa shape index (κ3) is 4.80. The van der Waals surface area contributed by atoms with Crippen molar-refractivity contribution in [2.45, 2.75) is 56.7 Å². The molecule has 1 saturated carbocycles. The number of carbonyl (C=O) groups is 2. The van der Waals surface area contributed by atoms with Crippen molar-refractivity contribution in [3.05, 3.63) is 30.3 Å². The van der Waals surface area contributed by atoms with Crippen molar-refractivity contribution >= 4 is 17.5 Å². The molecule has 2 aliphatic heterocycles. The van der Waals surface area contributed by atoms with Crippen LogP contribution in [0.15, 0.2) is 30.3 Å². The molecule has 4 rings (SSSR count). The van der Waals surface area contributed by atoms with Gasteiger partial charge in [0, 0.05) is 37.4 Å². The predicted molar refractivity (Wildman–Crippen MR) is 106 cm³/mol. The number of para-hydroxylation sites is 1. The second-order valence-electron chi connectivity index (χ2n) is 8.09. The summed E-state index contributed by atoms with van der Waals surface area (Å²) >= 11 is 0. The lowest BCUT2D eigenvalue weighted by molar-refractivity contribution is -0.124. The summed E-state index contributed by atoms with van der Waals surface area (Å²) < 4.78 is 0. The molecule has 6 heteroatoms. The molecule has 0 aromatic heterocycles. The van der Waals surface area contributed by atoms with E-state index in [0.717, 1.165) is 63.8 Å². The van der Waals surface area contributed by atoms with Crippen molar-refractivity contribution in [3.63, 3.8) is 0 Å². The van der Waals surface area contributed by atoms with Gasteiger partial charge < -0.3 is 15.5 Å². The fourth-order valence-electron chi connectivity index (χ4n) is 4.20. The molecule has 2 heterocycles. The molecule has 1 aromatic rings. The topological polar surface area (TPSA) is 64.7 Å². The quantitative estimate of drug-likeness (QED) is 0.797.